The molecule has 1 aliphatic rings. The van der Waals surface area contributed by atoms with Crippen molar-refractivity contribution in [2.45, 2.75) is 38.1 Å². The number of aliphatic carboxylic acids is 1. The topological polar surface area (TPSA) is 66.4 Å². The lowest BCUT2D eigenvalue weighted by atomic mass is 10.1. The van der Waals surface area contributed by atoms with Gasteiger partial charge in [-0.2, -0.15) is 11.8 Å². The number of hydrogen-bond acceptors (Lipinski definition) is 3. The van der Waals surface area contributed by atoms with Gasteiger partial charge in [0.05, 0.1) is 5.92 Å². The summed E-state index contributed by atoms with van der Waals surface area (Å²) in [5.41, 5.74) is 0. The zero-order chi connectivity index (χ0) is 12.0. The molecular weight excluding hydrogens is 226 g/mol. The average molecular weight is 245 g/mol. The second-order valence-corrected chi connectivity index (χ2v) is 5.19. The lowest BCUT2D eigenvalue weighted by Crippen LogP contribution is -2.33. The van der Waals surface area contributed by atoms with Crippen LogP contribution in [0.4, 0.5) is 0 Å². The minimum atomic E-state index is -0.737. The molecule has 0 saturated heterocycles. The van der Waals surface area contributed by atoms with Gasteiger partial charge in [0.2, 0.25) is 5.91 Å². The van der Waals surface area contributed by atoms with Gasteiger partial charge in [0, 0.05) is 12.5 Å². The van der Waals surface area contributed by atoms with Crippen LogP contribution in [0.5, 0.6) is 0 Å². The van der Waals surface area contributed by atoms with Crippen LogP contribution in [-0.2, 0) is 9.59 Å². The van der Waals surface area contributed by atoms with Crippen molar-refractivity contribution in [1.29, 1.82) is 0 Å². The van der Waals surface area contributed by atoms with E-state index in [2.05, 4.69) is 5.32 Å². The van der Waals surface area contributed by atoms with Crippen LogP contribution in [0.1, 0.15) is 32.1 Å². The molecule has 0 spiro atoms. The van der Waals surface area contributed by atoms with Crippen molar-refractivity contribution in [2.75, 3.05) is 12.0 Å². The molecule has 0 aromatic rings. The highest BCUT2D eigenvalue weighted by molar-refractivity contribution is 7.98. The third-order valence-electron chi connectivity index (χ3n) is 2.90. The molecule has 92 valence electrons. The van der Waals surface area contributed by atoms with Gasteiger partial charge in [0.15, 0.2) is 0 Å². The summed E-state index contributed by atoms with van der Waals surface area (Å²) in [6.07, 6.45) is 5.53. The summed E-state index contributed by atoms with van der Waals surface area (Å²) in [4.78, 5) is 22.2. The molecule has 0 heterocycles. The third kappa shape index (κ3) is 4.43. The zero-order valence-corrected chi connectivity index (χ0v) is 10.4. The van der Waals surface area contributed by atoms with Crippen LogP contribution in [0, 0.1) is 5.92 Å². The molecule has 5 heteroatoms. The number of hydrogen-bond donors (Lipinski definition) is 2. The van der Waals surface area contributed by atoms with E-state index in [0.717, 1.165) is 18.6 Å². The maximum atomic E-state index is 11.5. The lowest BCUT2D eigenvalue weighted by Gasteiger charge is -2.12. The molecular formula is C11H19NO3S. The number of carboxylic acids is 1. The van der Waals surface area contributed by atoms with Gasteiger partial charge < -0.3 is 10.4 Å². The largest absolute Gasteiger partial charge is 0.481 e. The van der Waals surface area contributed by atoms with Gasteiger partial charge in [0.25, 0.3) is 0 Å². The number of carboxylic acid groups (broad SMARTS) is 1. The summed E-state index contributed by atoms with van der Waals surface area (Å²) in [5, 5.41) is 11.7. The van der Waals surface area contributed by atoms with Gasteiger partial charge in [-0.3, -0.25) is 9.59 Å². The third-order valence-corrected chi connectivity index (χ3v) is 3.60. The van der Waals surface area contributed by atoms with E-state index in [1.54, 1.807) is 11.8 Å². The van der Waals surface area contributed by atoms with E-state index in [1.807, 2.05) is 6.26 Å². The number of rotatable bonds is 6. The Morgan fingerprint density at radius 2 is 2.19 bits per heavy atom. The Bertz CT molecular complexity index is 258. The van der Waals surface area contributed by atoms with Crippen LogP contribution in [0.2, 0.25) is 0 Å². The lowest BCUT2D eigenvalue weighted by molar-refractivity contribution is -0.141. The highest BCUT2D eigenvalue weighted by Gasteiger charge is 2.30. The fourth-order valence-corrected chi connectivity index (χ4v) is 2.45. The molecule has 0 aliphatic heterocycles. The maximum absolute atomic E-state index is 11.5. The Balaban J connectivity index is 2.18. The predicted octanol–water partition coefficient (Wildman–Crippen LogP) is 1.50. The molecule has 1 fully saturated rings. The SMILES string of the molecule is CSCCCC(=O)NC1CCC(C(=O)O)C1. The first-order chi connectivity index (χ1) is 7.63. The first kappa shape index (κ1) is 13.4. The zero-order valence-electron chi connectivity index (χ0n) is 9.57. The Labute approximate surface area is 100 Å². The maximum Gasteiger partial charge on any atom is 0.306 e. The van der Waals surface area contributed by atoms with E-state index in [4.69, 9.17) is 5.11 Å². The van der Waals surface area contributed by atoms with E-state index >= 15 is 0 Å². The molecule has 4 nitrogen and oxygen atoms in total. The molecule has 1 amide bonds. The van der Waals surface area contributed by atoms with Crippen molar-refractivity contribution in [1.82, 2.24) is 5.32 Å². The highest BCUT2D eigenvalue weighted by Crippen LogP contribution is 2.25. The Morgan fingerprint density at radius 3 is 2.75 bits per heavy atom. The highest BCUT2D eigenvalue weighted by atomic mass is 32.2. The summed E-state index contributed by atoms with van der Waals surface area (Å²) in [7, 11) is 0. The smallest absolute Gasteiger partial charge is 0.306 e. The summed E-state index contributed by atoms with van der Waals surface area (Å²) in [6.45, 7) is 0. The van der Waals surface area contributed by atoms with Crippen molar-refractivity contribution < 1.29 is 14.7 Å². The van der Waals surface area contributed by atoms with E-state index in [1.165, 1.54) is 0 Å². The summed E-state index contributed by atoms with van der Waals surface area (Å²) < 4.78 is 0. The van der Waals surface area contributed by atoms with Crippen LogP contribution in [0.15, 0.2) is 0 Å². The molecule has 0 bridgehead atoms. The Hall–Kier alpha value is -0.710. The van der Waals surface area contributed by atoms with Gasteiger partial charge in [-0.1, -0.05) is 0 Å². The molecule has 1 aliphatic carbocycles. The van der Waals surface area contributed by atoms with Crippen molar-refractivity contribution in [3.8, 4) is 0 Å². The van der Waals surface area contributed by atoms with Gasteiger partial charge >= 0.3 is 5.97 Å². The second kappa shape index (κ2) is 6.78. The quantitative estimate of drug-likeness (QED) is 0.696. The average Bonchev–Trinajstić information content (AvgIpc) is 2.66. The summed E-state index contributed by atoms with van der Waals surface area (Å²) in [5.74, 6) is 0.0521. The van der Waals surface area contributed by atoms with Crippen LogP contribution >= 0.6 is 11.8 Å². The monoisotopic (exact) mass is 245 g/mol. The number of thioether (sulfide) groups is 1. The van der Waals surface area contributed by atoms with E-state index in [0.29, 0.717) is 19.3 Å². The van der Waals surface area contributed by atoms with Crippen molar-refractivity contribution >= 4 is 23.6 Å². The molecule has 2 unspecified atom stereocenters. The van der Waals surface area contributed by atoms with Gasteiger partial charge in [-0.25, -0.2) is 0 Å². The Kier molecular flexibility index (Phi) is 5.66. The fourth-order valence-electron chi connectivity index (χ4n) is 2.01. The molecule has 0 aromatic carbocycles. The van der Waals surface area contributed by atoms with Crippen LogP contribution in [0.25, 0.3) is 0 Å². The predicted molar refractivity (Wildman–Crippen MR) is 64.5 cm³/mol. The molecule has 0 radical (unpaired) electrons. The minimum Gasteiger partial charge on any atom is -0.481 e. The number of amides is 1. The van der Waals surface area contributed by atoms with Crippen LogP contribution < -0.4 is 5.32 Å². The first-order valence-corrected chi connectivity index (χ1v) is 7.04. The van der Waals surface area contributed by atoms with Crippen LogP contribution in [0.3, 0.4) is 0 Å². The van der Waals surface area contributed by atoms with Gasteiger partial charge in [-0.05, 0) is 37.7 Å². The van der Waals surface area contributed by atoms with Crippen LogP contribution in [-0.4, -0.2) is 35.0 Å². The van der Waals surface area contributed by atoms with Crippen molar-refractivity contribution in [3.05, 3.63) is 0 Å². The normalized spacial score (nSPS) is 24.3. The standard InChI is InChI=1S/C11H19NO3S/c1-16-6-2-3-10(13)12-9-5-4-8(7-9)11(14)15/h8-9H,2-7H2,1H3,(H,12,13)(H,14,15). The van der Waals surface area contributed by atoms with Crippen molar-refractivity contribution in [2.24, 2.45) is 5.92 Å². The van der Waals surface area contributed by atoms with Gasteiger partial charge in [0.1, 0.15) is 0 Å². The summed E-state index contributed by atoms with van der Waals surface area (Å²) >= 11 is 1.73. The molecule has 2 atom stereocenters. The molecule has 16 heavy (non-hydrogen) atoms. The number of carbonyl (C=O) groups is 2. The van der Waals surface area contributed by atoms with E-state index < -0.39 is 5.97 Å². The molecule has 2 N–H and O–H groups in total. The summed E-state index contributed by atoms with van der Waals surface area (Å²) in [6, 6.07) is 0.0721. The molecule has 0 aromatic heterocycles. The number of nitrogens with one attached hydrogen (secondary N) is 1. The first-order valence-electron chi connectivity index (χ1n) is 5.64. The second-order valence-electron chi connectivity index (χ2n) is 4.21. The fraction of sp³-hybridized carbons (Fsp3) is 0.818. The Morgan fingerprint density at radius 1 is 1.44 bits per heavy atom. The number of carbonyl (C=O) groups excluding carboxylic acids is 1. The minimum absolute atomic E-state index is 0.0603. The van der Waals surface area contributed by atoms with E-state index in [9.17, 15) is 9.59 Å². The van der Waals surface area contributed by atoms with E-state index in [-0.39, 0.29) is 17.9 Å². The molecule has 1 rings (SSSR count). The van der Waals surface area contributed by atoms with Gasteiger partial charge in [-0.15, -0.1) is 0 Å². The van der Waals surface area contributed by atoms with Crippen molar-refractivity contribution in [3.63, 3.8) is 0 Å². The molecule has 1 saturated carbocycles.